The van der Waals surface area contributed by atoms with E-state index in [0.717, 1.165) is 5.92 Å². The molecule has 0 spiro atoms. The van der Waals surface area contributed by atoms with E-state index in [1.165, 1.54) is 44.9 Å². The van der Waals surface area contributed by atoms with Gasteiger partial charge in [-0.2, -0.15) is 0 Å². The van der Waals surface area contributed by atoms with Crippen LogP contribution in [0.1, 0.15) is 54.7 Å². The van der Waals surface area contributed by atoms with Gasteiger partial charge in [-0.1, -0.05) is 37.5 Å². The van der Waals surface area contributed by atoms with E-state index in [0.29, 0.717) is 0 Å². The second kappa shape index (κ2) is 3.42. The van der Waals surface area contributed by atoms with E-state index >= 15 is 0 Å². The van der Waals surface area contributed by atoms with Crippen molar-refractivity contribution in [1.29, 1.82) is 0 Å². The van der Waals surface area contributed by atoms with E-state index in [2.05, 4.69) is 18.2 Å². The molecule has 14 heavy (non-hydrogen) atoms. The van der Waals surface area contributed by atoms with Gasteiger partial charge in [-0.25, -0.2) is 0 Å². The van der Waals surface area contributed by atoms with Gasteiger partial charge < -0.3 is 0 Å². The van der Waals surface area contributed by atoms with E-state index in [9.17, 15) is 0 Å². The van der Waals surface area contributed by atoms with Crippen molar-refractivity contribution in [3.63, 3.8) is 0 Å². The SMILES string of the molecule is c1cc2c(c(C3CCCCC3)c1)CC2. The molecule has 0 saturated heterocycles. The van der Waals surface area contributed by atoms with Gasteiger partial charge in [0.25, 0.3) is 0 Å². The van der Waals surface area contributed by atoms with Crippen LogP contribution in [-0.2, 0) is 12.8 Å². The normalized spacial score (nSPS) is 21.4. The van der Waals surface area contributed by atoms with Gasteiger partial charge in [0, 0.05) is 0 Å². The molecule has 1 aromatic rings. The quantitative estimate of drug-likeness (QED) is 0.625. The maximum absolute atomic E-state index is 2.38. The smallest absolute Gasteiger partial charge is 0.0159 e. The van der Waals surface area contributed by atoms with E-state index in [-0.39, 0.29) is 0 Å². The van der Waals surface area contributed by atoms with Gasteiger partial charge in [0.15, 0.2) is 0 Å². The van der Waals surface area contributed by atoms with Crippen molar-refractivity contribution in [3.05, 3.63) is 34.9 Å². The summed E-state index contributed by atoms with van der Waals surface area (Å²) in [5.41, 5.74) is 5.04. The minimum atomic E-state index is 0.902. The van der Waals surface area contributed by atoms with Crippen LogP contribution < -0.4 is 0 Å². The molecular formula is C14H18. The van der Waals surface area contributed by atoms with Crippen molar-refractivity contribution in [2.45, 2.75) is 50.9 Å². The molecule has 1 saturated carbocycles. The molecule has 1 aromatic carbocycles. The Bertz CT molecular complexity index is 332. The Labute approximate surface area is 86.3 Å². The van der Waals surface area contributed by atoms with Gasteiger partial charge in [-0.15, -0.1) is 0 Å². The lowest BCUT2D eigenvalue weighted by Gasteiger charge is -2.29. The Morgan fingerprint density at radius 2 is 1.79 bits per heavy atom. The van der Waals surface area contributed by atoms with Crippen LogP contribution in [0.2, 0.25) is 0 Å². The number of hydrogen-bond donors (Lipinski definition) is 0. The first-order chi connectivity index (χ1) is 6.95. The molecule has 0 heteroatoms. The van der Waals surface area contributed by atoms with Crippen LogP contribution in [0.25, 0.3) is 0 Å². The van der Waals surface area contributed by atoms with Crippen LogP contribution in [0, 0.1) is 0 Å². The molecule has 0 atom stereocenters. The topological polar surface area (TPSA) is 0 Å². The van der Waals surface area contributed by atoms with E-state index in [1.807, 2.05) is 0 Å². The molecule has 1 fully saturated rings. The molecule has 0 radical (unpaired) electrons. The van der Waals surface area contributed by atoms with Crippen LogP contribution in [0.5, 0.6) is 0 Å². The van der Waals surface area contributed by atoms with Gasteiger partial charge in [0.05, 0.1) is 0 Å². The number of hydrogen-bond acceptors (Lipinski definition) is 0. The maximum Gasteiger partial charge on any atom is -0.0159 e. The van der Waals surface area contributed by atoms with Crippen molar-refractivity contribution in [2.75, 3.05) is 0 Å². The highest BCUT2D eigenvalue weighted by Crippen LogP contribution is 2.38. The summed E-state index contributed by atoms with van der Waals surface area (Å²) >= 11 is 0. The third-order valence-electron chi connectivity index (χ3n) is 4.00. The first-order valence-electron chi connectivity index (χ1n) is 6.06. The summed E-state index contributed by atoms with van der Waals surface area (Å²) in [5.74, 6) is 0.902. The summed E-state index contributed by atoms with van der Waals surface area (Å²) in [6.07, 6.45) is 9.93. The molecular weight excluding hydrogens is 168 g/mol. The fraction of sp³-hybridized carbons (Fsp3) is 0.571. The summed E-state index contributed by atoms with van der Waals surface area (Å²) in [6, 6.07) is 6.96. The molecule has 2 aliphatic carbocycles. The van der Waals surface area contributed by atoms with Gasteiger partial charge in [-0.05, 0) is 48.3 Å². The molecule has 0 bridgehead atoms. The fourth-order valence-electron chi connectivity index (χ4n) is 3.07. The Hall–Kier alpha value is -0.780. The van der Waals surface area contributed by atoms with Gasteiger partial charge in [0.2, 0.25) is 0 Å². The van der Waals surface area contributed by atoms with E-state index < -0.39 is 0 Å². The van der Waals surface area contributed by atoms with Crippen molar-refractivity contribution in [2.24, 2.45) is 0 Å². The molecule has 0 N–H and O–H groups in total. The highest BCUT2D eigenvalue weighted by molar-refractivity contribution is 5.43. The second-order valence-electron chi connectivity index (χ2n) is 4.82. The number of fused-ring (bicyclic) bond motifs is 1. The monoisotopic (exact) mass is 186 g/mol. The molecule has 2 aliphatic rings. The third-order valence-corrected chi connectivity index (χ3v) is 4.00. The van der Waals surface area contributed by atoms with Crippen molar-refractivity contribution >= 4 is 0 Å². The van der Waals surface area contributed by atoms with Gasteiger partial charge in [0.1, 0.15) is 0 Å². The average molecular weight is 186 g/mol. The largest absolute Gasteiger partial charge is 0.0617 e. The lowest BCUT2D eigenvalue weighted by Crippen LogP contribution is -2.15. The second-order valence-corrected chi connectivity index (χ2v) is 4.82. The molecule has 0 unspecified atom stereocenters. The van der Waals surface area contributed by atoms with Crippen LogP contribution in [-0.4, -0.2) is 0 Å². The Balaban J connectivity index is 1.91. The van der Waals surface area contributed by atoms with Crippen molar-refractivity contribution < 1.29 is 0 Å². The predicted octanol–water partition coefficient (Wildman–Crippen LogP) is 3.83. The maximum atomic E-state index is 2.38. The summed E-state index contributed by atoms with van der Waals surface area (Å²) in [4.78, 5) is 0. The average Bonchev–Trinajstić information content (AvgIpc) is 2.21. The zero-order chi connectivity index (χ0) is 9.38. The number of aryl methyl sites for hydroxylation is 1. The Morgan fingerprint density at radius 3 is 2.50 bits per heavy atom. The highest BCUT2D eigenvalue weighted by atomic mass is 14.3. The molecule has 0 nitrogen and oxygen atoms in total. The Morgan fingerprint density at radius 1 is 0.929 bits per heavy atom. The fourth-order valence-corrected chi connectivity index (χ4v) is 3.07. The van der Waals surface area contributed by atoms with Crippen molar-refractivity contribution in [3.8, 4) is 0 Å². The lowest BCUT2D eigenvalue weighted by molar-refractivity contribution is 0.439. The van der Waals surface area contributed by atoms with Crippen LogP contribution in [0.3, 0.4) is 0 Å². The van der Waals surface area contributed by atoms with E-state index in [4.69, 9.17) is 0 Å². The zero-order valence-electron chi connectivity index (χ0n) is 8.76. The summed E-state index contributed by atoms with van der Waals surface area (Å²) < 4.78 is 0. The van der Waals surface area contributed by atoms with E-state index in [1.54, 1.807) is 16.7 Å². The standard InChI is InChI=1S/C14H18/c1-2-5-11(6-3-1)13-8-4-7-12-9-10-14(12)13/h4,7-8,11H,1-3,5-6,9-10H2. The molecule has 0 aromatic heterocycles. The number of rotatable bonds is 1. The summed E-state index contributed by atoms with van der Waals surface area (Å²) in [6.45, 7) is 0. The molecule has 0 amide bonds. The Kier molecular flexibility index (Phi) is 2.08. The van der Waals surface area contributed by atoms with Gasteiger partial charge >= 0.3 is 0 Å². The predicted molar refractivity (Wildman–Crippen MR) is 59.7 cm³/mol. The van der Waals surface area contributed by atoms with Gasteiger partial charge in [-0.3, -0.25) is 0 Å². The number of benzene rings is 1. The lowest BCUT2D eigenvalue weighted by atomic mass is 9.76. The third kappa shape index (κ3) is 1.28. The van der Waals surface area contributed by atoms with Crippen molar-refractivity contribution in [1.82, 2.24) is 0 Å². The van der Waals surface area contributed by atoms with Crippen LogP contribution >= 0.6 is 0 Å². The molecule has 3 rings (SSSR count). The molecule has 0 heterocycles. The first kappa shape index (κ1) is 8.52. The van der Waals surface area contributed by atoms with Crippen LogP contribution in [0.15, 0.2) is 18.2 Å². The minimum Gasteiger partial charge on any atom is -0.0617 e. The summed E-state index contributed by atoms with van der Waals surface area (Å²) in [7, 11) is 0. The first-order valence-corrected chi connectivity index (χ1v) is 6.06. The zero-order valence-corrected chi connectivity index (χ0v) is 8.76. The minimum absolute atomic E-state index is 0.902. The highest BCUT2D eigenvalue weighted by Gasteiger charge is 2.23. The molecule has 74 valence electrons. The van der Waals surface area contributed by atoms with Crippen LogP contribution in [0.4, 0.5) is 0 Å². The molecule has 0 aliphatic heterocycles. The summed E-state index contributed by atoms with van der Waals surface area (Å²) in [5, 5.41) is 0.